The van der Waals surface area contributed by atoms with Gasteiger partial charge in [-0.1, -0.05) is 6.08 Å². The molecule has 0 spiro atoms. The summed E-state index contributed by atoms with van der Waals surface area (Å²) in [6.45, 7) is 5.37. The summed E-state index contributed by atoms with van der Waals surface area (Å²) >= 11 is 0. The summed E-state index contributed by atoms with van der Waals surface area (Å²) in [7, 11) is 2.08. The molecule has 1 rings (SSSR count). The van der Waals surface area contributed by atoms with Crippen molar-refractivity contribution in [2.75, 3.05) is 33.4 Å². The monoisotopic (exact) mass is 199 g/mol. The van der Waals surface area contributed by atoms with Crippen LogP contribution in [0, 0.1) is 0 Å². The highest BCUT2D eigenvalue weighted by Crippen LogP contribution is 2.07. The Bertz CT molecular complexity index is 190. The van der Waals surface area contributed by atoms with E-state index in [-0.39, 0.29) is 6.10 Å². The lowest BCUT2D eigenvalue weighted by Crippen LogP contribution is -2.26. The zero-order valence-corrected chi connectivity index (χ0v) is 9.20. The van der Waals surface area contributed by atoms with Crippen molar-refractivity contribution >= 4 is 0 Å². The fraction of sp³-hybridized carbons (Fsp3) is 0.818. The minimum Gasteiger partial charge on any atom is -0.393 e. The van der Waals surface area contributed by atoms with Crippen LogP contribution in [-0.4, -0.2) is 49.5 Å². The van der Waals surface area contributed by atoms with Crippen molar-refractivity contribution in [3.05, 3.63) is 11.6 Å². The van der Waals surface area contributed by atoms with E-state index in [4.69, 9.17) is 9.84 Å². The third-order valence-corrected chi connectivity index (χ3v) is 2.38. The zero-order chi connectivity index (χ0) is 10.4. The van der Waals surface area contributed by atoms with Gasteiger partial charge in [0.1, 0.15) is 0 Å². The van der Waals surface area contributed by atoms with Gasteiger partial charge in [-0.05, 0) is 32.4 Å². The van der Waals surface area contributed by atoms with Gasteiger partial charge >= 0.3 is 0 Å². The largest absolute Gasteiger partial charge is 0.393 e. The molecule has 0 radical (unpaired) electrons. The molecule has 0 aliphatic carbocycles. The lowest BCUT2D eigenvalue weighted by molar-refractivity contribution is 0.139. The molecule has 0 bridgehead atoms. The molecule has 1 N–H and O–H groups in total. The van der Waals surface area contributed by atoms with Crippen LogP contribution in [0.1, 0.15) is 19.8 Å². The Labute approximate surface area is 86.4 Å². The molecule has 0 aromatic carbocycles. The van der Waals surface area contributed by atoms with E-state index in [0.29, 0.717) is 0 Å². The quantitative estimate of drug-likeness (QED) is 0.671. The predicted octanol–water partition coefficient (Wildman–Crippen LogP) is 1.04. The van der Waals surface area contributed by atoms with Gasteiger partial charge < -0.3 is 14.7 Å². The van der Waals surface area contributed by atoms with Gasteiger partial charge in [0.15, 0.2) is 0 Å². The van der Waals surface area contributed by atoms with Crippen LogP contribution in [0.4, 0.5) is 0 Å². The average molecular weight is 199 g/mol. The maximum absolute atomic E-state index is 9.14. The lowest BCUT2D eigenvalue weighted by Gasteiger charge is -2.21. The third-order valence-electron chi connectivity index (χ3n) is 2.38. The molecule has 3 nitrogen and oxygen atoms in total. The van der Waals surface area contributed by atoms with Gasteiger partial charge in [-0.3, -0.25) is 0 Å². The van der Waals surface area contributed by atoms with E-state index in [1.165, 1.54) is 5.57 Å². The van der Waals surface area contributed by atoms with E-state index in [2.05, 4.69) is 18.0 Å². The first kappa shape index (κ1) is 11.7. The van der Waals surface area contributed by atoms with E-state index in [9.17, 15) is 0 Å². The van der Waals surface area contributed by atoms with Crippen molar-refractivity contribution in [3.8, 4) is 0 Å². The van der Waals surface area contributed by atoms with Crippen molar-refractivity contribution in [2.24, 2.45) is 0 Å². The van der Waals surface area contributed by atoms with E-state index < -0.39 is 0 Å². The van der Waals surface area contributed by atoms with Crippen molar-refractivity contribution < 1.29 is 9.84 Å². The summed E-state index contributed by atoms with van der Waals surface area (Å²) in [5.74, 6) is 0. The molecular formula is C11H21NO2. The highest BCUT2D eigenvalue weighted by molar-refractivity contribution is 5.06. The van der Waals surface area contributed by atoms with Gasteiger partial charge in [0.2, 0.25) is 0 Å². The van der Waals surface area contributed by atoms with Crippen LogP contribution in [0.5, 0.6) is 0 Å². The molecule has 1 heterocycles. The van der Waals surface area contributed by atoms with Crippen LogP contribution in [0.15, 0.2) is 11.6 Å². The molecule has 0 saturated heterocycles. The molecule has 1 atom stereocenters. The zero-order valence-electron chi connectivity index (χ0n) is 9.20. The van der Waals surface area contributed by atoms with Gasteiger partial charge in [0.05, 0.1) is 19.3 Å². The summed E-state index contributed by atoms with van der Waals surface area (Å²) in [6.07, 6.45) is 3.95. The second kappa shape index (κ2) is 6.17. The second-order valence-corrected chi connectivity index (χ2v) is 4.08. The lowest BCUT2D eigenvalue weighted by atomic mass is 10.2. The minimum absolute atomic E-state index is 0.200. The highest BCUT2D eigenvalue weighted by Gasteiger charge is 2.07. The van der Waals surface area contributed by atoms with Crippen molar-refractivity contribution in [2.45, 2.75) is 25.9 Å². The van der Waals surface area contributed by atoms with Crippen LogP contribution in [0.25, 0.3) is 0 Å². The van der Waals surface area contributed by atoms with E-state index in [1.54, 1.807) is 0 Å². The maximum Gasteiger partial charge on any atom is 0.0689 e. The number of aliphatic hydroxyl groups is 1. The smallest absolute Gasteiger partial charge is 0.0689 e. The number of aliphatic hydroxyl groups excluding tert-OH is 1. The summed E-state index contributed by atoms with van der Waals surface area (Å²) < 4.78 is 5.36. The number of ether oxygens (including phenoxy) is 1. The first-order chi connectivity index (χ1) is 6.68. The molecule has 3 heteroatoms. The van der Waals surface area contributed by atoms with Gasteiger partial charge in [-0.15, -0.1) is 0 Å². The minimum atomic E-state index is -0.200. The Morgan fingerprint density at radius 3 is 3.00 bits per heavy atom. The second-order valence-electron chi connectivity index (χ2n) is 4.08. The first-order valence-corrected chi connectivity index (χ1v) is 5.30. The van der Waals surface area contributed by atoms with Crippen molar-refractivity contribution in [1.82, 2.24) is 4.90 Å². The van der Waals surface area contributed by atoms with E-state index >= 15 is 0 Å². The van der Waals surface area contributed by atoms with Gasteiger partial charge in [0.25, 0.3) is 0 Å². The Morgan fingerprint density at radius 2 is 2.43 bits per heavy atom. The maximum atomic E-state index is 9.14. The van der Waals surface area contributed by atoms with Crippen LogP contribution in [0.2, 0.25) is 0 Å². The van der Waals surface area contributed by atoms with Crippen molar-refractivity contribution in [1.29, 1.82) is 0 Å². The Balaban J connectivity index is 2.18. The molecule has 0 fully saturated rings. The number of likely N-dealkylation sites (N-methyl/N-ethyl adjacent to an activating group) is 1. The molecule has 0 saturated carbocycles. The van der Waals surface area contributed by atoms with Gasteiger partial charge in [-0.25, -0.2) is 0 Å². The Morgan fingerprint density at radius 1 is 1.64 bits per heavy atom. The van der Waals surface area contributed by atoms with Crippen LogP contribution in [-0.2, 0) is 4.74 Å². The molecule has 14 heavy (non-hydrogen) atoms. The highest BCUT2D eigenvalue weighted by atomic mass is 16.5. The molecule has 0 amide bonds. The van der Waals surface area contributed by atoms with E-state index in [0.717, 1.165) is 39.1 Å². The van der Waals surface area contributed by atoms with Crippen molar-refractivity contribution in [3.63, 3.8) is 0 Å². The molecular weight excluding hydrogens is 178 g/mol. The standard InChI is InChI=1S/C11H21NO2/c1-10(13)5-6-12(2)8-11-4-3-7-14-9-11/h4,10,13H,3,5-9H2,1-2H3. The summed E-state index contributed by atoms with van der Waals surface area (Å²) in [5, 5.41) is 9.14. The van der Waals surface area contributed by atoms with E-state index in [1.807, 2.05) is 6.92 Å². The fourth-order valence-corrected chi connectivity index (χ4v) is 1.55. The molecule has 0 aromatic rings. The predicted molar refractivity (Wildman–Crippen MR) is 57.3 cm³/mol. The molecule has 82 valence electrons. The summed E-state index contributed by atoms with van der Waals surface area (Å²) in [6, 6.07) is 0. The summed E-state index contributed by atoms with van der Waals surface area (Å²) in [5.41, 5.74) is 1.37. The number of rotatable bonds is 5. The average Bonchev–Trinajstić information content (AvgIpc) is 2.16. The summed E-state index contributed by atoms with van der Waals surface area (Å²) in [4.78, 5) is 2.23. The fourth-order valence-electron chi connectivity index (χ4n) is 1.55. The topological polar surface area (TPSA) is 32.7 Å². The third kappa shape index (κ3) is 4.74. The Hall–Kier alpha value is -0.380. The number of nitrogens with zero attached hydrogens (tertiary/aromatic N) is 1. The normalized spacial score (nSPS) is 19.6. The molecule has 1 aliphatic heterocycles. The molecule has 1 aliphatic rings. The van der Waals surface area contributed by atoms with Crippen LogP contribution < -0.4 is 0 Å². The molecule has 1 unspecified atom stereocenters. The first-order valence-electron chi connectivity index (χ1n) is 5.30. The van der Waals surface area contributed by atoms with Gasteiger partial charge in [-0.2, -0.15) is 0 Å². The number of hydrogen-bond acceptors (Lipinski definition) is 3. The van der Waals surface area contributed by atoms with Crippen LogP contribution in [0.3, 0.4) is 0 Å². The molecule has 0 aromatic heterocycles. The SMILES string of the molecule is CC(O)CCN(C)CC1=CCCOC1. The van der Waals surface area contributed by atoms with Gasteiger partial charge in [0, 0.05) is 13.1 Å². The number of hydrogen-bond donors (Lipinski definition) is 1. The van der Waals surface area contributed by atoms with Crippen LogP contribution >= 0.6 is 0 Å². The Kier molecular flexibility index (Phi) is 5.15.